The van der Waals surface area contributed by atoms with Crippen molar-refractivity contribution in [2.75, 3.05) is 37.8 Å². The Morgan fingerprint density at radius 1 is 0.926 bits per heavy atom. The minimum atomic E-state index is 0.645. The zero-order valence-corrected chi connectivity index (χ0v) is 16.2. The molecule has 5 heteroatoms. The van der Waals surface area contributed by atoms with Crippen molar-refractivity contribution in [3.63, 3.8) is 0 Å². The summed E-state index contributed by atoms with van der Waals surface area (Å²) in [4.78, 5) is 11.5. The topological polar surface area (TPSA) is 53.1 Å². The van der Waals surface area contributed by atoms with Gasteiger partial charge in [-0.05, 0) is 45.6 Å². The molecule has 0 aliphatic heterocycles. The van der Waals surface area contributed by atoms with Crippen molar-refractivity contribution in [3.05, 3.63) is 66.2 Å². The molecule has 0 saturated carbocycles. The molecule has 1 heterocycles. The molecule has 0 bridgehead atoms. The standard InChI is InChI=1S/C22H27N5/c1-17-10-7-8-13-19(17)24-21-16-20(18-11-5-4-6-12-18)25-22(26-21)23-14-9-15-27(2)3/h4-8,10-13,16H,9,14-15H2,1-3H3,(H2,23,24,25,26). The van der Waals surface area contributed by atoms with E-state index in [4.69, 9.17) is 4.98 Å². The van der Waals surface area contributed by atoms with Crippen LogP contribution < -0.4 is 10.6 Å². The molecule has 140 valence electrons. The smallest absolute Gasteiger partial charge is 0.225 e. The maximum absolute atomic E-state index is 4.71. The third kappa shape index (κ3) is 5.53. The third-order valence-electron chi connectivity index (χ3n) is 4.27. The quantitative estimate of drug-likeness (QED) is 0.576. The van der Waals surface area contributed by atoms with E-state index >= 15 is 0 Å². The van der Waals surface area contributed by atoms with E-state index in [0.717, 1.165) is 42.3 Å². The second-order valence-electron chi connectivity index (χ2n) is 6.85. The molecule has 1 aromatic heterocycles. The fourth-order valence-electron chi connectivity index (χ4n) is 2.79. The molecular weight excluding hydrogens is 334 g/mol. The number of aryl methyl sites for hydroxylation is 1. The van der Waals surface area contributed by atoms with Gasteiger partial charge in [-0.25, -0.2) is 4.98 Å². The Hall–Kier alpha value is -2.92. The van der Waals surface area contributed by atoms with Gasteiger partial charge in [0.25, 0.3) is 0 Å². The summed E-state index contributed by atoms with van der Waals surface area (Å²) in [5.41, 5.74) is 4.20. The molecule has 0 fully saturated rings. The molecule has 3 aromatic rings. The predicted molar refractivity (Wildman–Crippen MR) is 114 cm³/mol. The minimum Gasteiger partial charge on any atom is -0.354 e. The molecule has 2 N–H and O–H groups in total. The first kappa shape index (κ1) is 18.9. The van der Waals surface area contributed by atoms with Gasteiger partial charge in [-0.15, -0.1) is 0 Å². The number of nitrogens with zero attached hydrogens (tertiary/aromatic N) is 3. The van der Waals surface area contributed by atoms with E-state index < -0.39 is 0 Å². The van der Waals surface area contributed by atoms with Crippen molar-refractivity contribution in [1.29, 1.82) is 0 Å². The van der Waals surface area contributed by atoms with E-state index in [1.165, 1.54) is 5.56 Å². The lowest BCUT2D eigenvalue weighted by atomic mass is 10.1. The van der Waals surface area contributed by atoms with Crippen molar-refractivity contribution < 1.29 is 0 Å². The average molecular weight is 361 g/mol. The summed E-state index contributed by atoms with van der Waals surface area (Å²) in [6.07, 6.45) is 1.03. The summed E-state index contributed by atoms with van der Waals surface area (Å²) >= 11 is 0. The number of nitrogens with one attached hydrogen (secondary N) is 2. The second-order valence-corrected chi connectivity index (χ2v) is 6.85. The monoisotopic (exact) mass is 361 g/mol. The molecule has 0 saturated heterocycles. The molecule has 0 radical (unpaired) electrons. The first-order valence-electron chi connectivity index (χ1n) is 9.27. The summed E-state index contributed by atoms with van der Waals surface area (Å²) in [6, 6.07) is 20.4. The van der Waals surface area contributed by atoms with E-state index in [1.807, 2.05) is 36.4 Å². The van der Waals surface area contributed by atoms with Crippen molar-refractivity contribution in [3.8, 4) is 11.3 Å². The van der Waals surface area contributed by atoms with Crippen LogP contribution >= 0.6 is 0 Å². The fraction of sp³-hybridized carbons (Fsp3) is 0.273. The van der Waals surface area contributed by atoms with Gasteiger partial charge >= 0.3 is 0 Å². The molecule has 0 unspecified atom stereocenters. The van der Waals surface area contributed by atoms with E-state index in [1.54, 1.807) is 0 Å². The maximum Gasteiger partial charge on any atom is 0.225 e. The predicted octanol–water partition coefficient (Wildman–Crippen LogP) is 4.56. The Morgan fingerprint density at radius 3 is 2.41 bits per heavy atom. The lowest BCUT2D eigenvalue weighted by Crippen LogP contribution is -2.17. The Bertz CT molecular complexity index is 862. The molecule has 5 nitrogen and oxygen atoms in total. The lowest BCUT2D eigenvalue weighted by Gasteiger charge is -2.13. The van der Waals surface area contributed by atoms with Gasteiger partial charge in [0.15, 0.2) is 0 Å². The van der Waals surface area contributed by atoms with Gasteiger partial charge in [0.05, 0.1) is 5.69 Å². The Morgan fingerprint density at radius 2 is 1.67 bits per heavy atom. The molecule has 0 spiro atoms. The van der Waals surface area contributed by atoms with Gasteiger partial charge in [0.1, 0.15) is 5.82 Å². The van der Waals surface area contributed by atoms with Gasteiger partial charge in [-0.2, -0.15) is 4.98 Å². The normalized spacial score (nSPS) is 10.8. The molecular formula is C22H27N5. The minimum absolute atomic E-state index is 0.645. The molecule has 0 amide bonds. The van der Waals surface area contributed by atoms with E-state index in [9.17, 15) is 0 Å². The average Bonchev–Trinajstić information content (AvgIpc) is 2.67. The summed E-state index contributed by atoms with van der Waals surface area (Å²) in [5, 5.41) is 6.79. The van der Waals surface area contributed by atoms with Crippen LogP contribution in [0, 0.1) is 6.92 Å². The van der Waals surface area contributed by atoms with Crippen LogP contribution in [0.2, 0.25) is 0 Å². The highest BCUT2D eigenvalue weighted by atomic mass is 15.1. The van der Waals surface area contributed by atoms with Crippen LogP contribution in [0.3, 0.4) is 0 Å². The highest BCUT2D eigenvalue weighted by Gasteiger charge is 2.08. The van der Waals surface area contributed by atoms with Crippen molar-refractivity contribution in [2.45, 2.75) is 13.3 Å². The molecule has 2 aromatic carbocycles. The van der Waals surface area contributed by atoms with Gasteiger partial charge in [-0.3, -0.25) is 0 Å². The van der Waals surface area contributed by atoms with Crippen molar-refractivity contribution in [1.82, 2.24) is 14.9 Å². The number of hydrogen-bond donors (Lipinski definition) is 2. The van der Waals surface area contributed by atoms with Crippen LogP contribution in [0.25, 0.3) is 11.3 Å². The van der Waals surface area contributed by atoms with Gasteiger partial charge in [0.2, 0.25) is 5.95 Å². The fourth-order valence-corrected chi connectivity index (χ4v) is 2.79. The SMILES string of the molecule is Cc1ccccc1Nc1cc(-c2ccccc2)nc(NCCCN(C)C)n1. The molecule has 0 aliphatic carbocycles. The number of anilines is 3. The molecule has 0 atom stereocenters. The van der Waals surface area contributed by atoms with Crippen molar-refractivity contribution >= 4 is 17.5 Å². The summed E-state index contributed by atoms with van der Waals surface area (Å²) in [5.74, 6) is 1.43. The van der Waals surface area contributed by atoms with Crippen LogP contribution in [0.15, 0.2) is 60.7 Å². The van der Waals surface area contributed by atoms with E-state index in [0.29, 0.717) is 5.95 Å². The summed E-state index contributed by atoms with van der Waals surface area (Å²) in [7, 11) is 4.16. The van der Waals surface area contributed by atoms with Crippen LogP contribution in [0.1, 0.15) is 12.0 Å². The number of rotatable bonds is 8. The van der Waals surface area contributed by atoms with E-state index in [2.05, 4.69) is 65.8 Å². The molecule has 3 rings (SSSR count). The van der Waals surface area contributed by atoms with Crippen LogP contribution in [0.4, 0.5) is 17.5 Å². The number of hydrogen-bond acceptors (Lipinski definition) is 5. The summed E-state index contributed by atoms with van der Waals surface area (Å²) < 4.78 is 0. The van der Waals surface area contributed by atoms with Gasteiger partial charge in [-0.1, -0.05) is 48.5 Å². The third-order valence-corrected chi connectivity index (χ3v) is 4.27. The zero-order chi connectivity index (χ0) is 19.1. The Labute approximate surface area is 161 Å². The Balaban J connectivity index is 1.85. The zero-order valence-electron chi connectivity index (χ0n) is 16.2. The highest BCUT2D eigenvalue weighted by Crippen LogP contribution is 2.24. The first-order chi connectivity index (χ1) is 13.1. The second kappa shape index (κ2) is 9.14. The first-order valence-corrected chi connectivity index (χ1v) is 9.27. The largest absolute Gasteiger partial charge is 0.354 e. The van der Waals surface area contributed by atoms with Gasteiger partial charge < -0.3 is 15.5 Å². The molecule has 27 heavy (non-hydrogen) atoms. The molecule has 0 aliphatic rings. The highest BCUT2D eigenvalue weighted by molar-refractivity contribution is 5.68. The lowest BCUT2D eigenvalue weighted by molar-refractivity contribution is 0.405. The van der Waals surface area contributed by atoms with E-state index in [-0.39, 0.29) is 0 Å². The van der Waals surface area contributed by atoms with Gasteiger partial charge in [0, 0.05) is 23.9 Å². The maximum atomic E-state index is 4.71. The number of aromatic nitrogens is 2. The van der Waals surface area contributed by atoms with Crippen LogP contribution in [0.5, 0.6) is 0 Å². The number of benzene rings is 2. The van der Waals surface area contributed by atoms with Crippen LogP contribution in [-0.4, -0.2) is 42.1 Å². The number of para-hydroxylation sites is 1. The van der Waals surface area contributed by atoms with Crippen molar-refractivity contribution in [2.24, 2.45) is 0 Å². The summed E-state index contributed by atoms with van der Waals surface area (Å²) in [6.45, 7) is 3.95. The van der Waals surface area contributed by atoms with Crippen LogP contribution in [-0.2, 0) is 0 Å². The Kier molecular flexibility index (Phi) is 6.39.